The molecule has 0 aliphatic heterocycles. The van der Waals surface area contributed by atoms with E-state index in [-0.39, 0.29) is 0 Å². The second kappa shape index (κ2) is 5.99. The van der Waals surface area contributed by atoms with Crippen LogP contribution in [0.1, 0.15) is 0 Å². The third-order valence-electron chi connectivity index (χ3n) is 1.57. The number of hydrogen-bond acceptors (Lipinski definition) is 4. The Labute approximate surface area is 82.9 Å². The molecule has 0 saturated heterocycles. The fourth-order valence-corrected chi connectivity index (χ4v) is 0.925. The molecule has 4 heteroatoms. The van der Waals surface area contributed by atoms with E-state index in [1.165, 1.54) is 0 Å². The molecule has 4 nitrogen and oxygen atoms in total. The van der Waals surface area contributed by atoms with Gasteiger partial charge in [0.05, 0.1) is 6.61 Å². The summed E-state index contributed by atoms with van der Waals surface area (Å²) >= 11 is 0. The molecule has 1 aromatic rings. The van der Waals surface area contributed by atoms with E-state index in [0.717, 1.165) is 12.2 Å². The van der Waals surface area contributed by atoms with Gasteiger partial charge in [0.15, 0.2) is 6.40 Å². The number of nitrogens with one attached hydrogen (secondary N) is 1. The summed E-state index contributed by atoms with van der Waals surface area (Å²) in [6.07, 6.45) is 0.890. The highest BCUT2D eigenvalue weighted by Crippen LogP contribution is 2.16. The van der Waals surface area contributed by atoms with E-state index >= 15 is 0 Å². The Morgan fingerprint density at radius 3 is 2.36 bits per heavy atom. The summed E-state index contributed by atoms with van der Waals surface area (Å²) < 4.78 is 15.0. The van der Waals surface area contributed by atoms with E-state index in [0.29, 0.717) is 19.0 Å². The Morgan fingerprint density at radius 1 is 1.14 bits per heavy atom. The van der Waals surface area contributed by atoms with E-state index in [4.69, 9.17) is 19.6 Å². The summed E-state index contributed by atoms with van der Waals surface area (Å²) in [4.78, 5) is 0. The standard InChI is InChI=1S/C10H13NO3/c1-12-6-7-13-9-2-4-10(5-3-9)14-8-11/h2-5,8,11H,6-7H2,1H3. The fraction of sp³-hybridized carbons (Fsp3) is 0.300. The molecule has 14 heavy (non-hydrogen) atoms. The van der Waals surface area contributed by atoms with Crippen LogP contribution in [0.15, 0.2) is 24.3 Å². The highest BCUT2D eigenvalue weighted by Gasteiger charge is 1.94. The number of rotatable bonds is 6. The van der Waals surface area contributed by atoms with Crippen molar-refractivity contribution in [3.05, 3.63) is 24.3 Å². The van der Waals surface area contributed by atoms with E-state index in [1.807, 2.05) is 0 Å². The van der Waals surface area contributed by atoms with E-state index in [1.54, 1.807) is 31.4 Å². The van der Waals surface area contributed by atoms with Crippen molar-refractivity contribution in [2.24, 2.45) is 0 Å². The quantitative estimate of drug-likeness (QED) is 0.427. The lowest BCUT2D eigenvalue weighted by atomic mass is 10.3. The summed E-state index contributed by atoms with van der Waals surface area (Å²) in [5, 5.41) is 6.73. The molecule has 76 valence electrons. The zero-order valence-corrected chi connectivity index (χ0v) is 8.03. The summed E-state index contributed by atoms with van der Waals surface area (Å²) in [5.74, 6) is 1.39. The van der Waals surface area contributed by atoms with Crippen molar-refractivity contribution in [2.75, 3.05) is 20.3 Å². The average Bonchev–Trinajstić information content (AvgIpc) is 2.21. The van der Waals surface area contributed by atoms with Gasteiger partial charge in [-0.15, -0.1) is 0 Å². The van der Waals surface area contributed by atoms with Gasteiger partial charge in [0.2, 0.25) is 0 Å². The van der Waals surface area contributed by atoms with Crippen LogP contribution in [0, 0.1) is 5.41 Å². The summed E-state index contributed by atoms with van der Waals surface area (Å²) in [6.45, 7) is 1.10. The van der Waals surface area contributed by atoms with Crippen LogP contribution in [0.4, 0.5) is 0 Å². The zero-order chi connectivity index (χ0) is 10.2. The first-order valence-electron chi connectivity index (χ1n) is 4.24. The summed E-state index contributed by atoms with van der Waals surface area (Å²) in [6, 6.07) is 7.06. The van der Waals surface area contributed by atoms with Crippen LogP contribution in [0.3, 0.4) is 0 Å². The van der Waals surface area contributed by atoms with Crippen LogP contribution >= 0.6 is 0 Å². The molecule has 0 aliphatic carbocycles. The van der Waals surface area contributed by atoms with Crippen LogP contribution in [0.5, 0.6) is 11.5 Å². The van der Waals surface area contributed by atoms with Gasteiger partial charge in [0.25, 0.3) is 0 Å². The van der Waals surface area contributed by atoms with Gasteiger partial charge in [-0.1, -0.05) is 0 Å². The van der Waals surface area contributed by atoms with Crippen molar-refractivity contribution < 1.29 is 14.2 Å². The molecule has 1 aromatic carbocycles. The van der Waals surface area contributed by atoms with Crippen molar-refractivity contribution in [3.8, 4) is 11.5 Å². The minimum Gasteiger partial charge on any atom is -0.491 e. The minimum absolute atomic E-state index is 0.529. The lowest BCUT2D eigenvalue weighted by Gasteiger charge is -2.05. The second-order valence-electron chi connectivity index (χ2n) is 2.55. The van der Waals surface area contributed by atoms with Gasteiger partial charge in [-0.05, 0) is 24.3 Å². The first kappa shape index (κ1) is 10.5. The van der Waals surface area contributed by atoms with Gasteiger partial charge in [-0.25, -0.2) is 0 Å². The minimum atomic E-state index is 0.529. The highest BCUT2D eigenvalue weighted by atomic mass is 16.5. The van der Waals surface area contributed by atoms with Crippen LogP contribution in [0.2, 0.25) is 0 Å². The van der Waals surface area contributed by atoms with Crippen molar-refractivity contribution in [1.29, 1.82) is 5.41 Å². The van der Waals surface area contributed by atoms with Crippen LogP contribution < -0.4 is 9.47 Å². The average molecular weight is 195 g/mol. The SMILES string of the molecule is COCCOc1ccc(OC=N)cc1. The maximum absolute atomic E-state index is 6.73. The Bertz CT molecular complexity index is 271. The zero-order valence-electron chi connectivity index (χ0n) is 8.03. The van der Waals surface area contributed by atoms with Gasteiger partial charge in [-0.2, -0.15) is 0 Å². The molecule has 1 N–H and O–H groups in total. The van der Waals surface area contributed by atoms with Crippen molar-refractivity contribution in [3.63, 3.8) is 0 Å². The number of hydrogen-bond donors (Lipinski definition) is 1. The molecule has 0 amide bonds. The Balaban J connectivity index is 2.42. The van der Waals surface area contributed by atoms with E-state index in [2.05, 4.69) is 0 Å². The highest BCUT2D eigenvalue weighted by molar-refractivity contribution is 5.48. The molecule has 0 atom stereocenters. The normalized spacial score (nSPS) is 9.50. The van der Waals surface area contributed by atoms with Crippen LogP contribution in [0.25, 0.3) is 0 Å². The molecule has 0 aliphatic rings. The monoisotopic (exact) mass is 195 g/mol. The Kier molecular flexibility index (Phi) is 4.50. The van der Waals surface area contributed by atoms with E-state index in [9.17, 15) is 0 Å². The third kappa shape index (κ3) is 3.45. The second-order valence-corrected chi connectivity index (χ2v) is 2.55. The van der Waals surface area contributed by atoms with Crippen molar-refractivity contribution >= 4 is 6.40 Å². The number of benzene rings is 1. The predicted octanol–water partition coefficient (Wildman–Crippen LogP) is 1.70. The molecule has 1 rings (SSSR count). The first-order valence-corrected chi connectivity index (χ1v) is 4.24. The lowest BCUT2D eigenvalue weighted by molar-refractivity contribution is 0.146. The van der Waals surface area contributed by atoms with Gasteiger partial charge in [-0.3, -0.25) is 5.41 Å². The molecule has 0 spiro atoms. The molecule has 0 fully saturated rings. The fourth-order valence-electron chi connectivity index (χ4n) is 0.925. The topological polar surface area (TPSA) is 51.5 Å². The first-order chi connectivity index (χ1) is 6.86. The third-order valence-corrected chi connectivity index (χ3v) is 1.57. The smallest absolute Gasteiger partial charge is 0.173 e. The summed E-state index contributed by atoms with van der Waals surface area (Å²) in [7, 11) is 1.63. The molecule has 0 saturated carbocycles. The lowest BCUT2D eigenvalue weighted by Crippen LogP contribution is -2.03. The Morgan fingerprint density at radius 2 is 1.79 bits per heavy atom. The van der Waals surface area contributed by atoms with Gasteiger partial charge >= 0.3 is 0 Å². The predicted molar refractivity (Wildman–Crippen MR) is 53.2 cm³/mol. The molecule has 0 heterocycles. The molecular weight excluding hydrogens is 182 g/mol. The molecule has 0 radical (unpaired) electrons. The van der Waals surface area contributed by atoms with Crippen molar-refractivity contribution in [1.82, 2.24) is 0 Å². The van der Waals surface area contributed by atoms with Gasteiger partial charge in [0.1, 0.15) is 18.1 Å². The summed E-state index contributed by atoms with van der Waals surface area (Å²) in [5.41, 5.74) is 0. The van der Waals surface area contributed by atoms with Gasteiger partial charge in [0, 0.05) is 7.11 Å². The maximum atomic E-state index is 6.73. The van der Waals surface area contributed by atoms with Crippen LogP contribution in [-0.4, -0.2) is 26.7 Å². The maximum Gasteiger partial charge on any atom is 0.173 e. The van der Waals surface area contributed by atoms with Crippen molar-refractivity contribution in [2.45, 2.75) is 0 Å². The van der Waals surface area contributed by atoms with Crippen LogP contribution in [-0.2, 0) is 4.74 Å². The number of ether oxygens (including phenoxy) is 3. The largest absolute Gasteiger partial charge is 0.491 e. The molecule has 0 unspecified atom stereocenters. The Hall–Kier alpha value is -1.55. The molecule has 0 aromatic heterocycles. The molecule has 0 bridgehead atoms. The molecular formula is C10H13NO3. The van der Waals surface area contributed by atoms with Gasteiger partial charge < -0.3 is 14.2 Å². The van der Waals surface area contributed by atoms with E-state index < -0.39 is 0 Å². The number of methoxy groups -OCH3 is 1.